The van der Waals surface area contributed by atoms with E-state index in [0.717, 1.165) is 0 Å². The molecule has 0 spiro atoms. The van der Waals surface area contributed by atoms with Gasteiger partial charge in [0.05, 0.1) is 10.6 Å². The number of nitrogens with zero attached hydrogens (tertiary/aromatic N) is 1. The molecule has 1 unspecified atom stereocenters. The molecule has 0 aliphatic heterocycles. The molecule has 1 aromatic carbocycles. The quantitative estimate of drug-likeness (QED) is 0.898. The molecule has 92 valence electrons. The van der Waals surface area contributed by atoms with Crippen molar-refractivity contribution in [1.82, 2.24) is 4.90 Å². The molecule has 5 heteroatoms. The Balaban J connectivity index is 2.98. The Kier molecular flexibility index (Phi) is 4.52. The van der Waals surface area contributed by atoms with Gasteiger partial charge in [0.15, 0.2) is 0 Å². The van der Waals surface area contributed by atoms with Gasteiger partial charge in [-0.05, 0) is 18.6 Å². The van der Waals surface area contributed by atoms with Gasteiger partial charge in [-0.1, -0.05) is 30.7 Å². The van der Waals surface area contributed by atoms with Crippen molar-refractivity contribution in [2.45, 2.75) is 19.4 Å². The van der Waals surface area contributed by atoms with Crippen LogP contribution in [0.3, 0.4) is 0 Å². The van der Waals surface area contributed by atoms with Crippen LogP contribution in [0.5, 0.6) is 0 Å². The summed E-state index contributed by atoms with van der Waals surface area (Å²) in [7, 11) is 1.47. The molecule has 0 fully saturated rings. The van der Waals surface area contributed by atoms with Gasteiger partial charge in [0, 0.05) is 7.05 Å². The molecule has 0 aromatic heterocycles. The molecule has 1 rings (SSSR count). The third kappa shape index (κ3) is 2.97. The van der Waals surface area contributed by atoms with Crippen LogP contribution < -0.4 is 0 Å². The molecule has 1 atom stereocenters. The maximum absolute atomic E-state index is 12.0. The van der Waals surface area contributed by atoms with Crippen LogP contribution in [-0.2, 0) is 4.79 Å². The van der Waals surface area contributed by atoms with Gasteiger partial charge in [-0.15, -0.1) is 0 Å². The van der Waals surface area contributed by atoms with Gasteiger partial charge >= 0.3 is 5.97 Å². The first-order chi connectivity index (χ1) is 7.99. The number of hydrogen-bond acceptors (Lipinski definition) is 2. The van der Waals surface area contributed by atoms with Gasteiger partial charge in [-0.2, -0.15) is 0 Å². The fourth-order valence-electron chi connectivity index (χ4n) is 1.58. The predicted molar refractivity (Wildman–Crippen MR) is 65.3 cm³/mol. The van der Waals surface area contributed by atoms with E-state index >= 15 is 0 Å². The fraction of sp³-hybridized carbons (Fsp3) is 0.333. The average molecular weight is 256 g/mol. The molecule has 1 amide bonds. The maximum atomic E-state index is 12.0. The Morgan fingerprint density at radius 1 is 1.41 bits per heavy atom. The van der Waals surface area contributed by atoms with Crippen LogP contribution in [-0.4, -0.2) is 35.0 Å². The summed E-state index contributed by atoms with van der Waals surface area (Å²) in [4.78, 5) is 24.2. The first-order valence-corrected chi connectivity index (χ1v) is 5.61. The molecular formula is C12H14ClNO3. The summed E-state index contributed by atoms with van der Waals surface area (Å²) in [5.74, 6) is -1.40. The first kappa shape index (κ1) is 13.5. The van der Waals surface area contributed by atoms with Crippen LogP contribution in [0.2, 0.25) is 5.02 Å². The number of amides is 1. The van der Waals surface area contributed by atoms with Crippen molar-refractivity contribution >= 4 is 23.5 Å². The van der Waals surface area contributed by atoms with Crippen molar-refractivity contribution in [3.63, 3.8) is 0 Å². The van der Waals surface area contributed by atoms with Crippen LogP contribution in [0.1, 0.15) is 23.7 Å². The van der Waals surface area contributed by atoms with E-state index in [0.29, 0.717) is 17.0 Å². The number of carbonyl (C=O) groups is 2. The zero-order valence-electron chi connectivity index (χ0n) is 9.68. The number of halogens is 1. The number of carboxylic acids is 1. The van der Waals surface area contributed by atoms with E-state index in [2.05, 4.69) is 0 Å². The number of hydrogen-bond donors (Lipinski definition) is 1. The smallest absolute Gasteiger partial charge is 0.326 e. The van der Waals surface area contributed by atoms with E-state index in [4.69, 9.17) is 16.7 Å². The van der Waals surface area contributed by atoms with Gasteiger partial charge in [0.25, 0.3) is 5.91 Å². The number of likely N-dealkylation sites (N-methyl/N-ethyl adjacent to an activating group) is 1. The van der Waals surface area contributed by atoms with Crippen molar-refractivity contribution in [2.75, 3.05) is 7.05 Å². The topological polar surface area (TPSA) is 57.6 Å². The maximum Gasteiger partial charge on any atom is 0.326 e. The second kappa shape index (κ2) is 5.68. The van der Waals surface area contributed by atoms with E-state index in [1.165, 1.54) is 11.9 Å². The Labute approximate surface area is 105 Å². The average Bonchev–Trinajstić information content (AvgIpc) is 2.29. The lowest BCUT2D eigenvalue weighted by Crippen LogP contribution is -2.42. The first-order valence-electron chi connectivity index (χ1n) is 5.23. The van der Waals surface area contributed by atoms with E-state index in [1.807, 2.05) is 0 Å². The zero-order valence-corrected chi connectivity index (χ0v) is 10.4. The molecule has 0 saturated carbocycles. The SMILES string of the molecule is CCC(C(=O)O)N(C)C(=O)c1ccccc1Cl. The van der Waals surface area contributed by atoms with Crippen LogP contribution >= 0.6 is 11.6 Å². The molecule has 0 bridgehead atoms. The fourth-order valence-corrected chi connectivity index (χ4v) is 1.80. The number of rotatable bonds is 4. The molecule has 4 nitrogen and oxygen atoms in total. The highest BCUT2D eigenvalue weighted by atomic mass is 35.5. The minimum atomic E-state index is -1.02. The Bertz CT molecular complexity index is 434. The Morgan fingerprint density at radius 2 is 2.00 bits per heavy atom. The van der Waals surface area contributed by atoms with Crippen molar-refractivity contribution in [3.8, 4) is 0 Å². The summed E-state index contributed by atoms with van der Waals surface area (Å²) in [5, 5.41) is 9.31. The standard InChI is InChI=1S/C12H14ClNO3/c1-3-10(12(16)17)14(2)11(15)8-6-4-5-7-9(8)13/h4-7,10H,3H2,1-2H3,(H,16,17). The van der Waals surface area contributed by atoms with Crippen LogP contribution in [0.4, 0.5) is 0 Å². The lowest BCUT2D eigenvalue weighted by Gasteiger charge is -2.24. The van der Waals surface area contributed by atoms with Crippen molar-refractivity contribution < 1.29 is 14.7 Å². The molecule has 0 aliphatic carbocycles. The highest BCUT2D eigenvalue weighted by molar-refractivity contribution is 6.33. The molecule has 0 aliphatic rings. The summed E-state index contributed by atoms with van der Waals surface area (Å²) < 4.78 is 0. The monoisotopic (exact) mass is 255 g/mol. The summed E-state index contributed by atoms with van der Waals surface area (Å²) in [6.45, 7) is 1.72. The highest BCUT2D eigenvalue weighted by Crippen LogP contribution is 2.18. The van der Waals surface area contributed by atoms with Crippen molar-refractivity contribution in [3.05, 3.63) is 34.9 Å². The number of carboxylic acid groups (broad SMARTS) is 1. The Morgan fingerprint density at radius 3 is 2.47 bits per heavy atom. The summed E-state index contributed by atoms with van der Waals surface area (Å²) >= 11 is 5.90. The largest absolute Gasteiger partial charge is 0.480 e. The van der Waals surface area contributed by atoms with E-state index in [9.17, 15) is 9.59 Å². The minimum absolute atomic E-state index is 0.316. The molecule has 1 aromatic rings. The molecule has 0 radical (unpaired) electrons. The minimum Gasteiger partial charge on any atom is -0.480 e. The number of carbonyl (C=O) groups excluding carboxylic acids is 1. The zero-order chi connectivity index (χ0) is 13.0. The third-order valence-corrected chi connectivity index (χ3v) is 2.89. The number of aliphatic carboxylic acids is 1. The van der Waals surface area contributed by atoms with E-state index in [-0.39, 0.29) is 5.91 Å². The summed E-state index contributed by atoms with van der Waals surface area (Å²) in [6.07, 6.45) is 0.349. The number of benzene rings is 1. The van der Waals surface area contributed by atoms with Gasteiger partial charge in [0.1, 0.15) is 6.04 Å². The van der Waals surface area contributed by atoms with Crippen molar-refractivity contribution in [2.24, 2.45) is 0 Å². The lowest BCUT2D eigenvalue weighted by atomic mass is 10.1. The second-order valence-corrected chi connectivity index (χ2v) is 4.07. The van der Waals surface area contributed by atoms with Crippen LogP contribution in [0.15, 0.2) is 24.3 Å². The third-order valence-electron chi connectivity index (χ3n) is 2.56. The molecule has 0 saturated heterocycles. The van der Waals surface area contributed by atoms with Crippen LogP contribution in [0.25, 0.3) is 0 Å². The molecule has 0 heterocycles. The molecule has 1 N–H and O–H groups in total. The van der Waals surface area contributed by atoms with Crippen molar-refractivity contribution in [1.29, 1.82) is 0 Å². The van der Waals surface area contributed by atoms with E-state index < -0.39 is 12.0 Å². The van der Waals surface area contributed by atoms with Gasteiger partial charge in [-0.3, -0.25) is 4.79 Å². The predicted octanol–water partition coefficient (Wildman–Crippen LogP) is 2.28. The van der Waals surface area contributed by atoms with E-state index in [1.54, 1.807) is 31.2 Å². The normalized spacial score (nSPS) is 11.9. The van der Waals surface area contributed by atoms with Gasteiger partial charge in [0.2, 0.25) is 0 Å². The summed E-state index contributed by atoms with van der Waals surface area (Å²) in [6, 6.07) is 5.75. The second-order valence-electron chi connectivity index (χ2n) is 3.66. The lowest BCUT2D eigenvalue weighted by molar-refractivity contribution is -0.142. The van der Waals surface area contributed by atoms with Gasteiger partial charge in [-0.25, -0.2) is 4.79 Å². The van der Waals surface area contributed by atoms with Crippen LogP contribution in [0, 0.1) is 0 Å². The highest BCUT2D eigenvalue weighted by Gasteiger charge is 2.26. The molecule has 17 heavy (non-hydrogen) atoms. The van der Waals surface area contributed by atoms with Gasteiger partial charge < -0.3 is 10.0 Å². The molecular weight excluding hydrogens is 242 g/mol. The Hall–Kier alpha value is -1.55. The summed E-state index contributed by atoms with van der Waals surface area (Å²) in [5.41, 5.74) is 0.316.